The fourth-order valence-electron chi connectivity index (χ4n) is 3.48. The first-order valence-electron chi connectivity index (χ1n) is 5.96. The summed E-state index contributed by atoms with van der Waals surface area (Å²) in [6.45, 7) is 5.04. The number of hydrogen-bond donors (Lipinski definition) is 1. The zero-order valence-electron chi connectivity index (χ0n) is 9.74. The molecule has 0 unspecified atom stereocenters. The van der Waals surface area contributed by atoms with E-state index in [0.717, 1.165) is 13.0 Å². The minimum Gasteiger partial charge on any atom is -0.358 e. The quantitative estimate of drug-likeness (QED) is 0.760. The summed E-state index contributed by atoms with van der Waals surface area (Å²) >= 11 is 0. The van der Waals surface area contributed by atoms with Crippen LogP contribution in [0.3, 0.4) is 0 Å². The van der Waals surface area contributed by atoms with Crippen molar-refractivity contribution in [2.75, 3.05) is 18.5 Å². The molecule has 2 nitrogen and oxygen atoms in total. The van der Waals surface area contributed by atoms with Crippen LogP contribution in [0.1, 0.15) is 18.4 Å². The summed E-state index contributed by atoms with van der Waals surface area (Å²) in [6.07, 6.45) is 4.79. The Morgan fingerprint density at radius 3 is 3.19 bits per heavy atom. The molecule has 2 heterocycles. The van der Waals surface area contributed by atoms with E-state index in [1.165, 1.54) is 17.7 Å². The Morgan fingerprint density at radius 1 is 1.56 bits per heavy atom. The number of rotatable bonds is 2. The molecule has 0 aliphatic carbocycles. The van der Waals surface area contributed by atoms with Gasteiger partial charge >= 0.3 is 0 Å². The highest BCUT2D eigenvalue weighted by Gasteiger charge is 2.51. The number of likely N-dealkylation sites (N-methyl/N-ethyl adjacent to an activating group) is 1. The average Bonchev–Trinajstić information content (AvgIpc) is 2.81. The molecule has 0 spiro atoms. The van der Waals surface area contributed by atoms with Gasteiger partial charge in [0.2, 0.25) is 0 Å². The summed E-state index contributed by atoms with van der Waals surface area (Å²) in [4.78, 5) is 2.38. The lowest BCUT2D eigenvalue weighted by molar-refractivity contribution is 0.397. The molecule has 1 aromatic carbocycles. The smallest absolute Gasteiger partial charge is 0.0895 e. The van der Waals surface area contributed by atoms with Crippen molar-refractivity contribution in [3.63, 3.8) is 0 Å². The first kappa shape index (κ1) is 9.91. The molecule has 84 valence electrons. The third-order valence-electron chi connectivity index (χ3n) is 4.15. The SMILES string of the molecule is C=CC[C@@]12CCN[C@@H]1N(C)c1ccccc12. The monoisotopic (exact) mass is 214 g/mol. The predicted octanol–water partition coefficient (Wildman–Crippen LogP) is 2.27. The molecule has 0 aromatic heterocycles. The molecule has 1 fully saturated rings. The lowest BCUT2D eigenvalue weighted by atomic mass is 9.76. The Balaban J connectivity index is 2.17. The van der Waals surface area contributed by atoms with E-state index < -0.39 is 0 Å². The van der Waals surface area contributed by atoms with Crippen molar-refractivity contribution >= 4 is 5.69 Å². The number of allylic oxidation sites excluding steroid dienone is 1. The molecule has 0 amide bonds. The van der Waals surface area contributed by atoms with Gasteiger partial charge in [-0.3, -0.25) is 5.32 Å². The van der Waals surface area contributed by atoms with E-state index in [1.807, 2.05) is 0 Å². The molecular weight excluding hydrogens is 196 g/mol. The maximum Gasteiger partial charge on any atom is 0.0895 e. The maximum atomic E-state index is 3.93. The summed E-state index contributed by atoms with van der Waals surface area (Å²) in [6, 6.07) is 8.78. The summed E-state index contributed by atoms with van der Waals surface area (Å²) in [5.74, 6) is 0. The Kier molecular flexibility index (Phi) is 2.08. The van der Waals surface area contributed by atoms with Crippen molar-refractivity contribution in [3.8, 4) is 0 Å². The van der Waals surface area contributed by atoms with E-state index in [2.05, 4.69) is 54.2 Å². The molecule has 3 rings (SSSR count). The average molecular weight is 214 g/mol. The largest absolute Gasteiger partial charge is 0.358 e. The minimum absolute atomic E-state index is 0.257. The Labute approximate surface area is 97.0 Å². The number of fused-ring (bicyclic) bond motifs is 3. The first-order valence-corrected chi connectivity index (χ1v) is 5.96. The van der Waals surface area contributed by atoms with Gasteiger partial charge < -0.3 is 4.90 Å². The fraction of sp³-hybridized carbons (Fsp3) is 0.429. The van der Waals surface area contributed by atoms with Crippen LogP contribution in [0.25, 0.3) is 0 Å². The second-order valence-electron chi connectivity index (χ2n) is 4.88. The van der Waals surface area contributed by atoms with E-state index in [0.29, 0.717) is 6.17 Å². The van der Waals surface area contributed by atoms with Crippen molar-refractivity contribution in [2.45, 2.75) is 24.4 Å². The van der Waals surface area contributed by atoms with Gasteiger partial charge in [-0.05, 0) is 31.0 Å². The van der Waals surface area contributed by atoms with Crippen LogP contribution in [0, 0.1) is 0 Å². The first-order chi connectivity index (χ1) is 7.79. The molecule has 0 radical (unpaired) electrons. The number of benzene rings is 1. The molecule has 1 saturated heterocycles. The lowest BCUT2D eigenvalue weighted by Crippen LogP contribution is -2.45. The topological polar surface area (TPSA) is 15.3 Å². The molecule has 2 atom stereocenters. The molecular formula is C14H18N2. The van der Waals surface area contributed by atoms with Crippen molar-refractivity contribution in [1.82, 2.24) is 5.32 Å². The van der Waals surface area contributed by atoms with Crippen LogP contribution in [0.4, 0.5) is 5.69 Å². The Hall–Kier alpha value is -1.28. The van der Waals surface area contributed by atoms with Crippen molar-refractivity contribution in [2.24, 2.45) is 0 Å². The standard InChI is InChI=1S/C14H18N2/c1-3-8-14-9-10-15-13(14)16(2)12-7-5-4-6-11(12)14/h3-7,13,15H,1,8-10H2,2H3/t13-,14+/m1/s1. The van der Waals surface area contributed by atoms with E-state index in [4.69, 9.17) is 0 Å². The second kappa shape index (κ2) is 3.36. The van der Waals surface area contributed by atoms with Crippen LogP contribution in [0.15, 0.2) is 36.9 Å². The summed E-state index contributed by atoms with van der Waals surface area (Å²) in [5, 5.41) is 3.62. The van der Waals surface area contributed by atoms with Crippen molar-refractivity contribution in [1.29, 1.82) is 0 Å². The summed E-state index contributed by atoms with van der Waals surface area (Å²) in [5.41, 5.74) is 3.13. The van der Waals surface area contributed by atoms with Crippen molar-refractivity contribution in [3.05, 3.63) is 42.5 Å². The summed E-state index contributed by atoms with van der Waals surface area (Å²) in [7, 11) is 2.19. The highest BCUT2D eigenvalue weighted by molar-refractivity contribution is 5.64. The Bertz CT molecular complexity index is 426. The number of nitrogens with one attached hydrogen (secondary N) is 1. The van der Waals surface area contributed by atoms with Crippen LogP contribution in [-0.2, 0) is 5.41 Å². The van der Waals surface area contributed by atoms with Gasteiger partial charge in [0.1, 0.15) is 0 Å². The van der Waals surface area contributed by atoms with Crippen LogP contribution >= 0.6 is 0 Å². The van der Waals surface area contributed by atoms with Crippen LogP contribution in [0.5, 0.6) is 0 Å². The van der Waals surface area contributed by atoms with Gasteiger partial charge in [0, 0.05) is 18.2 Å². The third-order valence-corrected chi connectivity index (χ3v) is 4.15. The van der Waals surface area contributed by atoms with Gasteiger partial charge in [0.15, 0.2) is 0 Å². The molecule has 16 heavy (non-hydrogen) atoms. The lowest BCUT2D eigenvalue weighted by Gasteiger charge is -2.30. The van der Waals surface area contributed by atoms with Gasteiger partial charge in [0.05, 0.1) is 6.17 Å². The molecule has 1 N–H and O–H groups in total. The highest BCUT2D eigenvalue weighted by atomic mass is 15.3. The van der Waals surface area contributed by atoms with Gasteiger partial charge in [-0.25, -0.2) is 0 Å². The number of hydrogen-bond acceptors (Lipinski definition) is 2. The molecule has 2 aliphatic rings. The Morgan fingerprint density at radius 2 is 2.38 bits per heavy atom. The molecule has 0 bridgehead atoms. The number of para-hydroxylation sites is 1. The normalized spacial score (nSPS) is 31.3. The van der Waals surface area contributed by atoms with Gasteiger partial charge in [-0.1, -0.05) is 24.3 Å². The second-order valence-corrected chi connectivity index (χ2v) is 4.88. The van der Waals surface area contributed by atoms with E-state index in [9.17, 15) is 0 Å². The van der Waals surface area contributed by atoms with Gasteiger partial charge in [-0.15, -0.1) is 6.58 Å². The zero-order chi connectivity index (χ0) is 11.2. The number of anilines is 1. The molecule has 1 aromatic rings. The molecule has 0 saturated carbocycles. The summed E-state index contributed by atoms with van der Waals surface area (Å²) < 4.78 is 0. The minimum atomic E-state index is 0.257. The van der Waals surface area contributed by atoms with Crippen LogP contribution in [0.2, 0.25) is 0 Å². The van der Waals surface area contributed by atoms with Crippen LogP contribution in [-0.4, -0.2) is 19.8 Å². The van der Waals surface area contributed by atoms with Crippen molar-refractivity contribution < 1.29 is 0 Å². The molecule has 2 aliphatic heterocycles. The predicted molar refractivity (Wildman–Crippen MR) is 67.7 cm³/mol. The van der Waals surface area contributed by atoms with E-state index in [1.54, 1.807) is 0 Å². The van der Waals surface area contributed by atoms with Gasteiger partial charge in [0.25, 0.3) is 0 Å². The van der Waals surface area contributed by atoms with Crippen LogP contribution < -0.4 is 10.2 Å². The highest BCUT2D eigenvalue weighted by Crippen LogP contribution is 2.50. The van der Waals surface area contributed by atoms with Gasteiger partial charge in [-0.2, -0.15) is 0 Å². The van der Waals surface area contributed by atoms with E-state index in [-0.39, 0.29) is 5.41 Å². The third kappa shape index (κ3) is 1.05. The molecule has 2 heteroatoms. The fourth-order valence-corrected chi connectivity index (χ4v) is 3.48. The zero-order valence-corrected chi connectivity index (χ0v) is 9.74. The van der Waals surface area contributed by atoms with E-state index >= 15 is 0 Å². The number of nitrogens with zero attached hydrogens (tertiary/aromatic N) is 1. The maximum absolute atomic E-state index is 3.93.